The number of hydrogen-bond donors (Lipinski definition) is 2. The molecule has 1 aliphatic heterocycles. The molecule has 196 valence electrons. The number of carbonyl (C=O) groups is 2. The van der Waals surface area contributed by atoms with E-state index in [-0.39, 0.29) is 40.0 Å². The van der Waals surface area contributed by atoms with Crippen molar-refractivity contribution in [3.05, 3.63) is 22.6 Å². The third-order valence-corrected chi connectivity index (χ3v) is 7.01. The second kappa shape index (κ2) is 11.4. The predicted molar refractivity (Wildman–Crippen MR) is 134 cm³/mol. The lowest BCUT2D eigenvalue weighted by atomic mass is 9.97. The third-order valence-electron chi connectivity index (χ3n) is 5.74. The largest absolute Gasteiger partial charge is 0.465 e. The molecule has 2 aromatic rings. The Morgan fingerprint density at radius 2 is 1.91 bits per heavy atom. The molecular weight excluding hydrogens is 528 g/mol. The average molecular weight is 557 g/mol. The van der Waals surface area contributed by atoms with E-state index in [2.05, 4.69) is 10.3 Å². The summed E-state index contributed by atoms with van der Waals surface area (Å²) in [5, 5.41) is 13.7. The number of thiophene rings is 1. The summed E-state index contributed by atoms with van der Waals surface area (Å²) in [5.41, 5.74) is -1.31. The van der Waals surface area contributed by atoms with E-state index < -0.39 is 29.3 Å². The van der Waals surface area contributed by atoms with Gasteiger partial charge in [-0.1, -0.05) is 0 Å². The van der Waals surface area contributed by atoms with E-state index in [1.807, 2.05) is 20.8 Å². The van der Waals surface area contributed by atoms with Crippen LogP contribution in [0.2, 0.25) is 0 Å². The zero-order chi connectivity index (χ0) is 25.3. The van der Waals surface area contributed by atoms with Crippen LogP contribution in [0.5, 0.6) is 0 Å². The smallest absolute Gasteiger partial charge is 0.417 e. The van der Waals surface area contributed by atoms with E-state index >= 15 is 0 Å². The number of anilines is 1. The molecule has 0 aromatic carbocycles. The molecule has 0 atom stereocenters. The van der Waals surface area contributed by atoms with Gasteiger partial charge in [0, 0.05) is 42.5 Å². The highest BCUT2D eigenvalue weighted by Gasteiger charge is 2.38. The van der Waals surface area contributed by atoms with Crippen molar-refractivity contribution in [3.8, 4) is 0 Å². The highest BCUT2D eigenvalue weighted by Crippen LogP contribution is 2.40. The highest BCUT2D eigenvalue weighted by atomic mass is 35.5. The van der Waals surface area contributed by atoms with Crippen molar-refractivity contribution >= 4 is 63.4 Å². The van der Waals surface area contributed by atoms with Gasteiger partial charge < -0.3 is 20.2 Å². The van der Waals surface area contributed by atoms with Crippen molar-refractivity contribution in [2.75, 3.05) is 30.4 Å². The van der Waals surface area contributed by atoms with E-state index in [4.69, 9.17) is 11.6 Å². The minimum atomic E-state index is -4.61. The first-order valence-electron chi connectivity index (χ1n) is 11.0. The van der Waals surface area contributed by atoms with Gasteiger partial charge in [0.2, 0.25) is 0 Å². The maximum Gasteiger partial charge on any atom is 0.417 e. The van der Waals surface area contributed by atoms with Crippen molar-refractivity contribution in [1.29, 1.82) is 0 Å². The molecule has 2 amide bonds. The summed E-state index contributed by atoms with van der Waals surface area (Å²) in [5.74, 6) is -0.00491. The summed E-state index contributed by atoms with van der Waals surface area (Å²) >= 11 is 6.47. The van der Waals surface area contributed by atoms with E-state index in [1.54, 1.807) is 4.90 Å². The normalized spacial score (nSPS) is 15.1. The number of carbonyl (C=O) groups excluding carboxylic acids is 1. The van der Waals surface area contributed by atoms with Crippen LogP contribution in [-0.4, -0.2) is 64.1 Å². The van der Waals surface area contributed by atoms with Gasteiger partial charge in [0.15, 0.2) is 0 Å². The van der Waals surface area contributed by atoms with Crippen LogP contribution >= 0.6 is 35.3 Å². The monoisotopic (exact) mass is 556 g/mol. The zero-order valence-electron chi connectivity index (χ0n) is 19.6. The molecule has 3 heterocycles. The quantitative estimate of drug-likeness (QED) is 0.344. The van der Waals surface area contributed by atoms with Gasteiger partial charge in [0.25, 0.3) is 5.91 Å². The van der Waals surface area contributed by atoms with Gasteiger partial charge in [0.05, 0.1) is 21.3 Å². The number of aromatic nitrogens is 1. The van der Waals surface area contributed by atoms with Crippen LogP contribution in [0.25, 0.3) is 10.2 Å². The fraction of sp³-hybridized carbons (Fsp3) is 0.591. The number of piperidine rings is 1. The number of carboxylic acid groups (broad SMARTS) is 1. The topological polar surface area (TPSA) is 85.8 Å². The average Bonchev–Trinajstić information content (AvgIpc) is 3.15. The molecule has 7 nitrogen and oxygen atoms in total. The van der Waals surface area contributed by atoms with Crippen LogP contribution < -0.4 is 10.2 Å². The van der Waals surface area contributed by atoms with Crippen LogP contribution in [0.1, 0.15) is 56.0 Å². The molecule has 1 saturated heterocycles. The van der Waals surface area contributed by atoms with Gasteiger partial charge in [-0.3, -0.25) is 4.79 Å². The van der Waals surface area contributed by atoms with Crippen molar-refractivity contribution < 1.29 is 27.9 Å². The SMILES string of the molecule is CC(C)(C)N(C(=O)O)C1CCN(c2cc(C(F)(F)F)c3scc(C(=O)NCCCCl)c3n2)CC1.Cl. The van der Waals surface area contributed by atoms with Crippen LogP contribution in [-0.2, 0) is 6.18 Å². The number of amides is 2. The van der Waals surface area contributed by atoms with Crippen LogP contribution in [0, 0.1) is 0 Å². The number of alkyl halides is 4. The van der Waals surface area contributed by atoms with Gasteiger partial charge in [-0.15, -0.1) is 35.3 Å². The molecular formula is C22H29Cl2F3N4O3S. The Bertz CT molecular complexity index is 1050. The second-order valence-electron chi connectivity index (χ2n) is 9.19. The number of nitrogens with zero attached hydrogens (tertiary/aromatic N) is 3. The Kier molecular flexibility index (Phi) is 9.52. The Balaban J connectivity index is 0.00000432. The van der Waals surface area contributed by atoms with Crippen molar-refractivity contribution in [1.82, 2.24) is 15.2 Å². The van der Waals surface area contributed by atoms with Gasteiger partial charge in [0.1, 0.15) is 5.82 Å². The fourth-order valence-electron chi connectivity index (χ4n) is 4.24. The van der Waals surface area contributed by atoms with Crippen molar-refractivity contribution in [2.24, 2.45) is 0 Å². The van der Waals surface area contributed by atoms with Gasteiger partial charge in [-0.05, 0) is 46.1 Å². The lowest BCUT2D eigenvalue weighted by Gasteiger charge is -2.43. The number of rotatable bonds is 6. The van der Waals surface area contributed by atoms with Crippen molar-refractivity contribution in [2.45, 2.75) is 57.8 Å². The number of fused-ring (bicyclic) bond motifs is 1. The molecule has 0 saturated carbocycles. The van der Waals surface area contributed by atoms with Gasteiger partial charge >= 0.3 is 12.3 Å². The second-order valence-corrected chi connectivity index (χ2v) is 10.5. The first kappa shape index (κ1) is 29.3. The zero-order valence-corrected chi connectivity index (χ0v) is 22.0. The Morgan fingerprint density at radius 3 is 2.43 bits per heavy atom. The molecule has 0 spiro atoms. The number of nitrogens with one attached hydrogen (secondary N) is 1. The summed E-state index contributed by atoms with van der Waals surface area (Å²) in [6.07, 6.45) is -4.18. The molecule has 3 rings (SSSR count). The van der Waals surface area contributed by atoms with Crippen LogP contribution in [0.15, 0.2) is 11.4 Å². The molecule has 2 N–H and O–H groups in total. The minimum Gasteiger partial charge on any atom is -0.465 e. The summed E-state index contributed by atoms with van der Waals surface area (Å²) in [6.45, 7) is 6.45. The standard InChI is InChI=1S/C22H28ClF3N4O3S.ClH/c1-21(2,3)30(20(32)33)13-5-9-29(10-6-13)16-11-15(22(24,25)26)18-17(28-16)14(12-34-18)19(31)27-8-4-7-23;/h11-13H,4-10H2,1-3H3,(H,27,31)(H,32,33);1H. The lowest BCUT2D eigenvalue weighted by molar-refractivity contribution is -0.136. The van der Waals surface area contributed by atoms with E-state index in [1.165, 1.54) is 10.3 Å². The Labute approximate surface area is 217 Å². The summed E-state index contributed by atoms with van der Waals surface area (Å²) in [4.78, 5) is 32.0. The molecule has 1 fully saturated rings. The summed E-state index contributed by atoms with van der Waals surface area (Å²) < 4.78 is 41.6. The van der Waals surface area contributed by atoms with Crippen LogP contribution in [0.3, 0.4) is 0 Å². The molecule has 2 aromatic heterocycles. The van der Waals surface area contributed by atoms with Crippen LogP contribution in [0.4, 0.5) is 23.8 Å². The number of hydrogen-bond acceptors (Lipinski definition) is 5. The molecule has 0 bridgehead atoms. The summed E-state index contributed by atoms with van der Waals surface area (Å²) in [7, 11) is 0. The molecule has 13 heteroatoms. The van der Waals surface area contributed by atoms with E-state index in [0.29, 0.717) is 44.8 Å². The van der Waals surface area contributed by atoms with Gasteiger partial charge in [-0.2, -0.15) is 13.2 Å². The summed E-state index contributed by atoms with van der Waals surface area (Å²) in [6, 6.07) is 0.775. The van der Waals surface area contributed by atoms with E-state index in [0.717, 1.165) is 17.4 Å². The number of pyridine rings is 1. The number of halogens is 5. The Hall–Kier alpha value is -1.98. The molecule has 0 unspecified atom stereocenters. The minimum absolute atomic E-state index is 0. The maximum absolute atomic E-state index is 13.9. The highest BCUT2D eigenvalue weighted by molar-refractivity contribution is 7.17. The molecule has 0 radical (unpaired) electrons. The lowest BCUT2D eigenvalue weighted by Crippen LogP contribution is -2.54. The van der Waals surface area contributed by atoms with Gasteiger partial charge in [-0.25, -0.2) is 9.78 Å². The molecule has 35 heavy (non-hydrogen) atoms. The van der Waals surface area contributed by atoms with Crippen molar-refractivity contribution in [3.63, 3.8) is 0 Å². The molecule has 0 aliphatic carbocycles. The molecule has 1 aliphatic rings. The first-order valence-corrected chi connectivity index (χ1v) is 12.4. The van der Waals surface area contributed by atoms with E-state index in [9.17, 15) is 27.9 Å². The Morgan fingerprint density at radius 1 is 1.29 bits per heavy atom. The predicted octanol–water partition coefficient (Wildman–Crippen LogP) is 5.84. The third kappa shape index (κ3) is 6.62. The fourth-order valence-corrected chi connectivity index (χ4v) is 5.39. The maximum atomic E-state index is 13.9. The first-order chi connectivity index (χ1) is 15.8.